The van der Waals surface area contributed by atoms with Gasteiger partial charge in [0.1, 0.15) is 0 Å². The Balaban J connectivity index is 2.41. The lowest BCUT2D eigenvalue weighted by atomic mass is 9.87. The van der Waals surface area contributed by atoms with Gasteiger partial charge in [-0.25, -0.2) is 0 Å². The Morgan fingerprint density at radius 3 is 2.73 bits per heavy atom. The van der Waals surface area contributed by atoms with Crippen molar-refractivity contribution in [2.75, 3.05) is 0 Å². The summed E-state index contributed by atoms with van der Waals surface area (Å²) in [6.07, 6.45) is 5.20. The molecule has 0 saturated heterocycles. The van der Waals surface area contributed by atoms with Crippen molar-refractivity contribution in [3.8, 4) is 11.8 Å². The van der Waals surface area contributed by atoms with Crippen LogP contribution in [0, 0.1) is 17.8 Å². The zero-order chi connectivity index (χ0) is 8.10. The maximum Gasteiger partial charge on any atom is 0.0677 e. The maximum absolute atomic E-state index is 9.49. The summed E-state index contributed by atoms with van der Waals surface area (Å²) in [5, 5.41) is 9.49. The van der Waals surface area contributed by atoms with E-state index in [0.717, 1.165) is 19.3 Å². The lowest BCUT2D eigenvalue weighted by Gasteiger charge is -2.22. The second-order valence-electron chi connectivity index (χ2n) is 3.13. The van der Waals surface area contributed by atoms with Gasteiger partial charge in [-0.3, -0.25) is 0 Å². The van der Waals surface area contributed by atoms with Gasteiger partial charge >= 0.3 is 0 Å². The van der Waals surface area contributed by atoms with E-state index in [1.54, 1.807) is 0 Å². The molecule has 0 aromatic heterocycles. The smallest absolute Gasteiger partial charge is 0.0677 e. The summed E-state index contributed by atoms with van der Waals surface area (Å²) < 4.78 is 0. The third-order valence-corrected chi connectivity index (χ3v) is 2.19. The molecule has 0 spiro atoms. The van der Waals surface area contributed by atoms with Gasteiger partial charge in [0.15, 0.2) is 0 Å². The van der Waals surface area contributed by atoms with Gasteiger partial charge in [-0.15, -0.1) is 5.92 Å². The van der Waals surface area contributed by atoms with Gasteiger partial charge in [0.05, 0.1) is 6.10 Å². The molecule has 11 heavy (non-hydrogen) atoms. The molecule has 0 aromatic rings. The first-order chi connectivity index (χ1) is 5.34. The highest BCUT2D eigenvalue weighted by atomic mass is 16.3. The molecule has 1 fully saturated rings. The molecule has 0 amide bonds. The molecule has 1 rings (SSSR count). The van der Waals surface area contributed by atoms with E-state index in [4.69, 9.17) is 0 Å². The molecule has 1 nitrogen and oxygen atoms in total. The first-order valence-corrected chi connectivity index (χ1v) is 4.51. The predicted octanol–water partition coefficient (Wildman–Crippen LogP) is 1.95. The fourth-order valence-corrected chi connectivity index (χ4v) is 1.51. The van der Waals surface area contributed by atoms with E-state index in [2.05, 4.69) is 11.8 Å². The monoisotopic (exact) mass is 152 g/mol. The van der Waals surface area contributed by atoms with Crippen molar-refractivity contribution in [1.82, 2.24) is 0 Å². The summed E-state index contributed by atoms with van der Waals surface area (Å²) in [5.41, 5.74) is 0. The molecule has 2 atom stereocenters. The Kier molecular flexibility index (Phi) is 3.45. The topological polar surface area (TPSA) is 20.2 Å². The molecule has 1 N–H and O–H groups in total. The van der Waals surface area contributed by atoms with Crippen molar-refractivity contribution >= 4 is 0 Å². The molecule has 1 aliphatic rings. The zero-order valence-corrected chi connectivity index (χ0v) is 7.14. The molecule has 1 aliphatic carbocycles. The normalized spacial score (nSPS) is 30.7. The zero-order valence-electron chi connectivity index (χ0n) is 7.14. The van der Waals surface area contributed by atoms with Crippen molar-refractivity contribution < 1.29 is 5.11 Å². The second-order valence-corrected chi connectivity index (χ2v) is 3.13. The second kappa shape index (κ2) is 4.41. The molecule has 62 valence electrons. The quantitative estimate of drug-likeness (QED) is 0.526. The van der Waals surface area contributed by atoms with E-state index in [1.165, 1.54) is 12.8 Å². The Morgan fingerprint density at radius 2 is 2.09 bits per heavy atom. The van der Waals surface area contributed by atoms with E-state index in [1.807, 2.05) is 6.92 Å². The molecular formula is C10H16O. The number of aliphatic hydroxyl groups is 1. The largest absolute Gasteiger partial charge is 0.392 e. The fourth-order valence-electron chi connectivity index (χ4n) is 1.51. The van der Waals surface area contributed by atoms with Gasteiger partial charge in [0.25, 0.3) is 0 Å². The van der Waals surface area contributed by atoms with E-state index in [0.29, 0.717) is 0 Å². The summed E-state index contributed by atoms with van der Waals surface area (Å²) in [6.45, 7) is 2.04. The minimum atomic E-state index is -0.150. The molecule has 1 saturated carbocycles. The molecule has 0 aliphatic heterocycles. The summed E-state index contributed by atoms with van der Waals surface area (Å²) in [5.74, 6) is 6.43. The van der Waals surface area contributed by atoms with Crippen LogP contribution in [0.1, 0.15) is 39.0 Å². The third kappa shape index (κ3) is 2.55. The number of hydrogen-bond donors (Lipinski definition) is 1. The van der Waals surface area contributed by atoms with Crippen LogP contribution >= 0.6 is 0 Å². The van der Waals surface area contributed by atoms with Gasteiger partial charge in [-0.05, 0) is 12.8 Å². The van der Waals surface area contributed by atoms with Crippen LogP contribution in [0.25, 0.3) is 0 Å². The Labute approximate surface area is 68.8 Å². The highest BCUT2D eigenvalue weighted by Gasteiger charge is 2.20. The van der Waals surface area contributed by atoms with Crippen molar-refractivity contribution in [1.29, 1.82) is 0 Å². The first-order valence-electron chi connectivity index (χ1n) is 4.51. The van der Waals surface area contributed by atoms with Gasteiger partial charge in [-0.1, -0.05) is 25.7 Å². The van der Waals surface area contributed by atoms with E-state index < -0.39 is 0 Å². The highest BCUT2D eigenvalue weighted by Crippen LogP contribution is 2.23. The standard InChI is InChI=1S/C10H16O/c1-2-3-6-9-7-4-5-8-10(9)11/h9-11H,2,4-5,7-8H2,1H3. The first kappa shape index (κ1) is 8.62. The van der Waals surface area contributed by atoms with Crippen LogP contribution in [0.4, 0.5) is 0 Å². The summed E-state index contributed by atoms with van der Waals surface area (Å²) in [7, 11) is 0. The van der Waals surface area contributed by atoms with Crippen molar-refractivity contribution in [2.45, 2.75) is 45.1 Å². The molecule has 0 aromatic carbocycles. The fraction of sp³-hybridized carbons (Fsp3) is 0.800. The van der Waals surface area contributed by atoms with Crippen molar-refractivity contribution in [3.63, 3.8) is 0 Å². The van der Waals surface area contributed by atoms with Crippen LogP contribution in [0.3, 0.4) is 0 Å². The van der Waals surface area contributed by atoms with Crippen molar-refractivity contribution in [2.24, 2.45) is 5.92 Å². The summed E-state index contributed by atoms with van der Waals surface area (Å²) >= 11 is 0. The van der Waals surface area contributed by atoms with E-state index >= 15 is 0 Å². The van der Waals surface area contributed by atoms with Gasteiger partial charge in [0.2, 0.25) is 0 Å². The molecule has 0 radical (unpaired) electrons. The molecular weight excluding hydrogens is 136 g/mol. The summed E-state index contributed by atoms with van der Waals surface area (Å²) in [6, 6.07) is 0. The van der Waals surface area contributed by atoms with Gasteiger partial charge < -0.3 is 5.11 Å². The molecule has 2 unspecified atom stereocenters. The number of aliphatic hydroxyl groups excluding tert-OH is 1. The van der Waals surface area contributed by atoms with Gasteiger partial charge in [-0.2, -0.15) is 0 Å². The highest BCUT2D eigenvalue weighted by molar-refractivity contribution is 5.06. The van der Waals surface area contributed by atoms with Gasteiger partial charge in [0, 0.05) is 12.3 Å². The van der Waals surface area contributed by atoms with Crippen LogP contribution in [0.5, 0.6) is 0 Å². The molecule has 1 heteroatoms. The Morgan fingerprint density at radius 1 is 1.36 bits per heavy atom. The minimum Gasteiger partial charge on any atom is -0.392 e. The van der Waals surface area contributed by atoms with Crippen LogP contribution < -0.4 is 0 Å². The average Bonchev–Trinajstić information content (AvgIpc) is 2.03. The van der Waals surface area contributed by atoms with Crippen LogP contribution in [-0.4, -0.2) is 11.2 Å². The van der Waals surface area contributed by atoms with Crippen LogP contribution in [-0.2, 0) is 0 Å². The minimum absolute atomic E-state index is 0.150. The Hall–Kier alpha value is -0.480. The number of rotatable bonds is 0. The Bertz CT molecular complexity index is 163. The number of hydrogen-bond acceptors (Lipinski definition) is 1. The van der Waals surface area contributed by atoms with E-state index in [9.17, 15) is 5.11 Å². The third-order valence-electron chi connectivity index (χ3n) is 2.19. The maximum atomic E-state index is 9.49. The summed E-state index contributed by atoms with van der Waals surface area (Å²) in [4.78, 5) is 0. The van der Waals surface area contributed by atoms with Crippen LogP contribution in [0.2, 0.25) is 0 Å². The van der Waals surface area contributed by atoms with Crippen LogP contribution in [0.15, 0.2) is 0 Å². The van der Waals surface area contributed by atoms with Crippen molar-refractivity contribution in [3.05, 3.63) is 0 Å². The lowest BCUT2D eigenvalue weighted by molar-refractivity contribution is 0.0970. The average molecular weight is 152 g/mol. The van der Waals surface area contributed by atoms with E-state index in [-0.39, 0.29) is 12.0 Å². The predicted molar refractivity (Wildman–Crippen MR) is 46.0 cm³/mol. The SMILES string of the molecule is CCC#CC1CCCCC1O. The molecule has 0 heterocycles. The lowest BCUT2D eigenvalue weighted by Crippen LogP contribution is -2.22. The molecule has 0 bridgehead atoms.